The molecule has 1 N–H and O–H groups in total. The number of ether oxygens (including phenoxy) is 2. The average molecular weight is 338 g/mol. The molecule has 1 aliphatic heterocycles. The topological polar surface area (TPSA) is 60.5 Å². The number of rotatable bonds is 6. The fourth-order valence-electron chi connectivity index (χ4n) is 3.17. The van der Waals surface area contributed by atoms with Crippen LogP contribution in [0.1, 0.15) is 36.4 Å². The van der Waals surface area contributed by atoms with Crippen LogP contribution in [0.4, 0.5) is 0 Å². The van der Waals surface area contributed by atoms with Gasteiger partial charge in [0.05, 0.1) is 25.5 Å². The van der Waals surface area contributed by atoms with Gasteiger partial charge in [-0.15, -0.1) is 0 Å². The first-order valence-corrected chi connectivity index (χ1v) is 8.75. The van der Waals surface area contributed by atoms with E-state index in [0.717, 1.165) is 17.7 Å². The molecule has 0 spiro atoms. The lowest BCUT2D eigenvalue weighted by Gasteiger charge is -2.26. The Labute approximate surface area is 147 Å². The molecule has 5 heteroatoms. The number of carbonyl (C=O) groups is 1. The second-order valence-electron chi connectivity index (χ2n) is 6.82. The van der Waals surface area contributed by atoms with Crippen LogP contribution in [0.5, 0.6) is 5.75 Å². The van der Waals surface area contributed by atoms with Crippen LogP contribution in [-0.2, 0) is 9.53 Å². The summed E-state index contributed by atoms with van der Waals surface area (Å²) in [6.45, 7) is 3.23. The molecule has 0 radical (unpaired) electrons. The van der Waals surface area contributed by atoms with Crippen molar-refractivity contribution in [2.75, 3.05) is 13.2 Å². The molecular formula is C20H22N2O3. The van der Waals surface area contributed by atoms with Crippen molar-refractivity contribution >= 4 is 5.91 Å². The summed E-state index contributed by atoms with van der Waals surface area (Å²) >= 11 is 0. The van der Waals surface area contributed by atoms with Crippen LogP contribution >= 0.6 is 0 Å². The molecule has 1 aromatic heterocycles. The minimum absolute atomic E-state index is 0.0735. The van der Waals surface area contributed by atoms with E-state index in [1.807, 2.05) is 31.2 Å². The number of pyridine rings is 1. The number of carbonyl (C=O) groups excluding carboxylic acids is 1. The molecule has 1 saturated heterocycles. The van der Waals surface area contributed by atoms with E-state index in [0.29, 0.717) is 19.1 Å². The molecule has 1 aromatic carbocycles. The molecule has 1 aliphatic carbocycles. The zero-order valence-corrected chi connectivity index (χ0v) is 14.2. The molecule has 5 nitrogen and oxygen atoms in total. The Bertz CT molecular complexity index is 746. The third kappa shape index (κ3) is 3.66. The number of aromatic nitrogens is 1. The van der Waals surface area contributed by atoms with Crippen molar-refractivity contribution < 1.29 is 14.3 Å². The molecule has 130 valence electrons. The summed E-state index contributed by atoms with van der Waals surface area (Å²) in [7, 11) is 0. The molecule has 2 heterocycles. The predicted molar refractivity (Wildman–Crippen MR) is 93.3 cm³/mol. The van der Waals surface area contributed by atoms with Gasteiger partial charge in [0, 0.05) is 12.1 Å². The quantitative estimate of drug-likeness (QED) is 0.880. The van der Waals surface area contributed by atoms with Crippen molar-refractivity contribution in [2.45, 2.75) is 31.4 Å². The zero-order valence-electron chi connectivity index (χ0n) is 14.2. The molecular weight excluding hydrogens is 316 g/mol. The first kappa shape index (κ1) is 16.1. The highest BCUT2D eigenvalue weighted by Gasteiger charge is 2.44. The van der Waals surface area contributed by atoms with Gasteiger partial charge in [-0.2, -0.15) is 0 Å². The molecule has 2 aliphatic rings. The Morgan fingerprint density at radius 3 is 2.80 bits per heavy atom. The van der Waals surface area contributed by atoms with E-state index in [9.17, 15) is 4.79 Å². The summed E-state index contributed by atoms with van der Waals surface area (Å²) < 4.78 is 10.9. The van der Waals surface area contributed by atoms with E-state index in [1.54, 1.807) is 12.4 Å². The zero-order chi connectivity index (χ0) is 17.2. The summed E-state index contributed by atoms with van der Waals surface area (Å²) in [5.41, 5.74) is 2.19. The monoisotopic (exact) mass is 338 g/mol. The molecule has 25 heavy (non-hydrogen) atoms. The van der Waals surface area contributed by atoms with Crippen molar-refractivity contribution in [1.29, 1.82) is 0 Å². The van der Waals surface area contributed by atoms with Gasteiger partial charge in [-0.1, -0.05) is 30.3 Å². The average Bonchev–Trinajstić information content (AvgIpc) is 3.40. The molecule has 3 atom stereocenters. The van der Waals surface area contributed by atoms with Gasteiger partial charge in [-0.3, -0.25) is 9.78 Å². The standard InChI is InChI=1S/C20H22N2O3/c1-13(15-7-16(10-21-9-15)25-17-11-24-12-17)22-20(23)19-8-18(19)14-5-3-2-4-6-14/h2-7,9-10,13,17-19H,8,11-12H2,1H3,(H,22,23)/t13-,18+,19-/m0/s1. The van der Waals surface area contributed by atoms with Crippen LogP contribution in [0, 0.1) is 5.92 Å². The fraction of sp³-hybridized carbons (Fsp3) is 0.400. The van der Waals surface area contributed by atoms with Gasteiger partial charge in [0.2, 0.25) is 5.91 Å². The van der Waals surface area contributed by atoms with Gasteiger partial charge in [-0.25, -0.2) is 0 Å². The van der Waals surface area contributed by atoms with E-state index in [-0.39, 0.29) is 24.0 Å². The van der Waals surface area contributed by atoms with Crippen molar-refractivity contribution in [3.63, 3.8) is 0 Å². The van der Waals surface area contributed by atoms with Crippen LogP contribution in [0.2, 0.25) is 0 Å². The molecule has 0 bridgehead atoms. The van der Waals surface area contributed by atoms with Crippen LogP contribution in [-0.4, -0.2) is 30.2 Å². The maximum atomic E-state index is 12.5. The lowest BCUT2D eigenvalue weighted by Crippen LogP contribution is -2.38. The highest BCUT2D eigenvalue weighted by molar-refractivity contribution is 5.83. The van der Waals surface area contributed by atoms with E-state index >= 15 is 0 Å². The van der Waals surface area contributed by atoms with Crippen LogP contribution < -0.4 is 10.1 Å². The van der Waals surface area contributed by atoms with Crippen molar-refractivity contribution in [2.24, 2.45) is 5.92 Å². The Kier molecular flexibility index (Phi) is 4.40. The van der Waals surface area contributed by atoms with E-state index in [1.165, 1.54) is 5.56 Å². The second kappa shape index (κ2) is 6.84. The normalized spacial score (nSPS) is 23.4. The van der Waals surface area contributed by atoms with Gasteiger partial charge in [0.1, 0.15) is 11.9 Å². The third-order valence-corrected chi connectivity index (χ3v) is 4.86. The lowest BCUT2D eigenvalue weighted by atomic mass is 10.1. The third-order valence-electron chi connectivity index (χ3n) is 4.86. The largest absolute Gasteiger partial charge is 0.484 e. The first-order valence-electron chi connectivity index (χ1n) is 8.75. The van der Waals surface area contributed by atoms with Gasteiger partial charge >= 0.3 is 0 Å². The SMILES string of the molecule is C[C@H](NC(=O)[C@H]1C[C@@H]1c1ccccc1)c1cncc(OC2COC2)c1. The Morgan fingerprint density at radius 1 is 1.28 bits per heavy atom. The molecule has 2 aromatic rings. The number of hydrogen-bond donors (Lipinski definition) is 1. The Morgan fingerprint density at radius 2 is 2.08 bits per heavy atom. The summed E-state index contributed by atoms with van der Waals surface area (Å²) in [5, 5.41) is 3.11. The van der Waals surface area contributed by atoms with E-state index in [4.69, 9.17) is 9.47 Å². The summed E-state index contributed by atoms with van der Waals surface area (Å²) in [6, 6.07) is 12.1. The fourth-order valence-corrected chi connectivity index (χ4v) is 3.17. The lowest BCUT2D eigenvalue weighted by molar-refractivity contribution is -0.123. The van der Waals surface area contributed by atoms with Crippen LogP contribution in [0.15, 0.2) is 48.8 Å². The summed E-state index contributed by atoms with van der Waals surface area (Å²) in [6.07, 6.45) is 4.50. The Hall–Kier alpha value is -2.40. The minimum atomic E-state index is -0.0989. The van der Waals surface area contributed by atoms with E-state index in [2.05, 4.69) is 22.4 Å². The van der Waals surface area contributed by atoms with Gasteiger partial charge in [0.25, 0.3) is 0 Å². The highest BCUT2D eigenvalue weighted by atomic mass is 16.6. The minimum Gasteiger partial charge on any atom is -0.484 e. The first-order chi connectivity index (χ1) is 12.2. The van der Waals surface area contributed by atoms with Crippen LogP contribution in [0.3, 0.4) is 0 Å². The number of nitrogens with one attached hydrogen (secondary N) is 1. The molecule has 0 unspecified atom stereocenters. The number of hydrogen-bond acceptors (Lipinski definition) is 4. The molecule has 4 rings (SSSR count). The van der Waals surface area contributed by atoms with Crippen molar-refractivity contribution in [3.05, 3.63) is 59.9 Å². The highest BCUT2D eigenvalue weighted by Crippen LogP contribution is 2.47. The molecule has 1 saturated carbocycles. The summed E-state index contributed by atoms with van der Waals surface area (Å²) in [5.74, 6) is 1.25. The molecule has 2 fully saturated rings. The number of nitrogens with zero attached hydrogens (tertiary/aromatic N) is 1. The van der Waals surface area contributed by atoms with E-state index < -0.39 is 0 Å². The predicted octanol–water partition coefficient (Wildman–Crippen LogP) is 2.84. The maximum Gasteiger partial charge on any atom is 0.224 e. The van der Waals surface area contributed by atoms with Crippen molar-refractivity contribution in [3.8, 4) is 5.75 Å². The number of benzene rings is 1. The van der Waals surface area contributed by atoms with Crippen LogP contribution in [0.25, 0.3) is 0 Å². The van der Waals surface area contributed by atoms with Gasteiger partial charge < -0.3 is 14.8 Å². The molecule has 1 amide bonds. The Balaban J connectivity index is 1.35. The van der Waals surface area contributed by atoms with Gasteiger partial charge in [-0.05, 0) is 36.5 Å². The van der Waals surface area contributed by atoms with Crippen molar-refractivity contribution in [1.82, 2.24) is 10.3 Å². The second-order valence-corrected chi connectivity index (χ2v) is 6.82. The number of amides is 1. The van der Waals surface area contributed by atoms with Gasteiger partial charge in [0.15, 0.2) is 0 Å². The summed E-state index contributed by atoms with van der Waals surface area (Å²) in [4.78, 5) is 16.7. The maximum absolute atomic E-state index is 12.5. The smallest absolute Gasteiger partial charge is 0.224 e.